The van der Waals surface area contributed by atoms with Crippen molar-refractivity contribution in [2.45, 2.75) is 38.2 Å². The van der Waals surface area contributed by atoms with Crippen LogP contribution in [0.3, 0.4) is 0 Å². The smallest absolute Gasteiger partial charge is 0.303 e. The largest absolute Gasteiger partial charge is 0.481 e. The second-order valence-electron chi connectivity index (χ2n) is 5.97. The first kappa shape index (κ1) is 14.8. The molecule has 2 fully saturated rings. The zero-order chi connectivity index (χ0) is 13.7. The maximum Gasteiger partial charge on any atom is 0.303 e. The van der Waals surface area contributed by atoms with Crippen LogP contribution in [0.25, 0.3) is 0 Å². The van der Waals surface area contributed by atoms with Gasteiger partial charge in [-0.15, -0.1) is 0 Å². The van der Waals surface area contributed by atoms with Gasteiger partial charge in [0.2, 0.25) is 0 Å². The molecular formula is C14H26N2O3. The van der Waals surface area contributed by atoms with Gasteiger partial charge in [-0.1, -0.05) is 0 Å². The van der Waals surface area contributed by atoms with E-state index in [1.54, 1.807) is 0 Å². The number of piperidine rings is 2. The average Bonchev–Trinajstić information content (AvgIpc) is 2.39. The lowest BCUT2D eigenvalue weighted by atomic mass is 9.82. The number of aliphatic hydroxyl groups excluding tert-OH is 1. The lowest BCUT2D eigenvalue weighted by Gasteiger charge is -2.35. The molecule has 2 saturated heterocycles. The van der Waals surface area contributed by atoms with E-state index in [2.05, 4.69) is 10.2 Å². The molecule has 5 heteroatoms. The highest BCUT2D eigenvalue weighted by atomic mass is 16.4. The van der Waals surface area contributed by atoms with E-state index in [0.29, 0.717) is 18.3 Å². The number of hydrogen-bond acceptors (Lipinski definition) is 4. The molecule has 3 N–H and O–H groups in total. The van der Waals surface area contributed by atoms with Gasteiger partial charge in [-0.2, -0.15) is 0 Å². The van der Waals surface area contributed by atoms with Crippen LogP contribution in [-0.4, -0.2) is 59.9 Å². The Labute approximate surface area is 115 Å². The number of nitrogens with zero attached hydrogens (tertiary/aromatic N) is 1. The van der Waals surface area contributed by atoms with Crippen LogP contribution < -0.4 is 5.32 Å². The minimum absolute atomic E-state index is 0.118. The molecule has 0 aromatic carbocycles. The number of rotatable bonds is 5. The predicted molar refractivity (Wildman–Crippen MR) is 73.0 cm³/mol. The highest BCUT2D eigenvalue weighted by molar-refractivity contribution is 5.67. The van der Waals surface area contributed by atoms with Gasteiger partial charge < -0.3 is 20.4 Å². The molecule has 0 aromatic rings. The van der Waals surface area contributed by atoms with Crippen molar-refractivity contribution >= 4 is 5.97 Å². The fourth-order valence-corrected chi connectivity index (χ4v) is 3.30. The third kappa shape index (κ3) is 4.75. The molecule has 0 amide bonds. The van der Waals surface area contributed by atoms with E-state index in [1.165, 1.54) is 0 Å². The standard InChI is InChI=1S/C14H26N2O3/c17-13-3-7-16(8-4-13)6-2-12-10-15-5-1-11(12)9-14(18)19/h11-13,15,17H,1-10H2,(H,18,19)/t11-,12-/m1/s1. The third-order valence-electron chi connectivity index (χ3n) is 4.58. The van der Waals surface area contributed by atoms with Gasteiger partial charge in [-0.25, -0.2) is 0 Å². The molecule has 110 valence electrons. The Kier molecular flexibility index (Phi) is 5.60. The molecule has 0 bridgehead atoms. The molecule has 5 nitrogen and oxygen atoms in total. The molecule has 0 radical (unpaired) electrons. The molecule has 0 unspecified atom stereocenters. The number of likely N-dealkylation sites (tertiary alicyclic amines) is 1. The van der Waals surface area contributed by atoms with Crippen molar-refractivity contribution in [3.05, 3.63) is 0 Å². The molecule has 2 rings (SSSR count). The highest BCUT2D eigenvalue weighted by Crippen LogP contribution is 2.26. The van der Waals surface area contributed by atoms with Crippen molar-refractivity contribution in [2.75, 3.05) is 32.7 Å². The van der Waals surface area contributed by atoms with Crippen LogP contribution in [-0.2, 0) is 4.79 Å². The first-order valence-corrected chi connectivity index (χ1v) is 7.48. The van der Waals surface area contributed by atoms with Crippen LogP contribution in [0.5, 0.6) is 0 Å². The zero-order valence-corrected chi connectivity index (χ0v) is 11.6. The Morgan fingerprint density at radius 3 is 2.63 bits per heavy atom. The topological polar surface area (TPSA) is 72.8 Å². The van der Waals surface area contributed by atoms with Crippen molar-refractivity contribution in [3.8, 4) is 0 Å². The molecule has 2 heterocycles. The Bertz CT molecular complexity index is 290. The van der Waals surface area contributed by atoms with Crippen molar-refractivity contribution < 1.29 is 15.0 Å². The Morgan fingerprint density at radius 2 is 1.95 bits per heavy atom. The quantitative estimate of drug-likeness (QED) is 0.680. The van der Waals surface area contributed by atoms with E-state index >= 15 is 0 Å². The average molecular weight is 270 g/mol. The van der Waals surface area contributed by atoms with E-state index in [9.17, 15) is 9.90 Å². The fourth-order valence-electron chi connectivity index (χ4n) is 3.30. The van der Waals surface area contributed by atoms with Gasteiger partial charge in [0.25, 0.3) is 0 Å². The number of carbonyl (C=O) groups is 1. The lowest BCUT2D eigenvalue weighted by molar-refractivity contribution is -0.138. The maximum absolute atomic E-state index is 10.9. The monoisotopic (exact) mass is 270 g/mol. The summed E-state index contributed by atoms with van der Waals surface area (Å²) in [5.41, 5.74) is 0. The molecular weight excluding hydrogens is 244 g/mol. The van der Waals surface area contributed by atoms with E-state index in [0.717, 1.165) is 58.4 Å². The highest BCUT2D eigenvalue weighted by Gasteiger charge is 2.27. The third-order valence-corrected chi connectivity index (χ3v) is 4.58. The maximum atomic E-state index is 10.9. The van der Waals surface area contributed by atoms with E-state index in [4.69, 9.17) is 5.11 Å². The van der Waals surface area contributed by atoms with Crippen molar-refractivity contribution in [1.29, 1.82) is 0 Å². The van der Waals surface area contributed by atoms with Crippen molar-refractivity contribution in [3.63, 3.8) is 0 Å². The summed E-state index contributed by atoms with van der Waals surface area (Å²) in [6.07, 6.45) is 4.00. The molecule has 0 saturated carbocycles. The van der Waals surface area contributed by atoms with Crippen LogP contribution in [0, 0.1) is 11.8 Å². The molecule has 2 aliphatic rings. The molecule has 2 atom stereocenters. The fraction of sp³-hybridized carbons (Fsp3) is 0.929. The summed E-state index contributed by atoms with van der Waals surface area (Å²) in [4.78, 5) is 13.3. The van der Waals surface area contributed by atoms with Gasteiger partial charge in [0.1, 0.15) is 0 Å². The number of carboxylic acids is 1. The second-order valence-corrected chi connectivity index (χ2v) is 5.97. The Morgan fingerprint density at radius 1 is 1.21 bits per heavy atom. The van der Waals surface area contributed by atoms with E-state index in [-0.39, 0.29) is 6.10 Å². The van der Waals surface area contributed by atoms with Crippen LogP contribution in [0.2, 0.25) is 0 Å². The summed E-state index contributed by atoms with van der Waals surface area (Å²) in [5, 5.41) is 21.8. The van der Waals surface area contributed by atoms with Crippen molar-refractivity contribution in [1.82, 2.24) is 10.2 Å². The minimum atomic E-state index is -0.669. The first-order valence-electron chi connectivity index (χ1n) is 7.48. The normalized spacial score (nSPS) is 30.4. The van der Waals surface area contributed by atoms with Crippen LogP contribution in [0.4, 0.5) is 0 Å². The number of nitrogens with one attached hydrogen (secondary N) is 1. The Hall–Kier alpha value is -0.650. The number of aliphatic hydroxyl groups is 1. The lowest BCUT2D eigenvalue weighted by Crippen LogP contribution is -2.41. The van der Waals surface area contributed by atoms with Crippen LogP contribution >= 0.6 is 0 Å². The summed E-state index contributed by atoms with van der Waals surface area (Å²) < 4.78 is 0. The molecule has 2 aliphatic heterocycles. The summed E-state index contributed by atoms with van der Waals surface area (Å²) >= 11 is 0. The Balaban J connectivity index is 1.74. The van der Waals surface area contributed by atoms with Crippen molar-refractivity contribution in [2.24, 2.45) is 11.8 Å². The summed E-state index contributed by atoms with van der Waals surface area (Å²) in [5.74, 6) is 0.142. The van der Waals surface area contributed by atoms with Crippen LogP contribution in [0.1, 0.15) is 32.1 Å². The molecule has 19 heavy (non-hydrogen) atoms. The second kappa shape index (κ2) is 7.22. The van der Waals surface area contributed by atoms with Gasteiger partial charge >= 0.3 is 5.97 Å². The summed E-state index contributed by atoms with van der Waals surface area (Å²) in [6, 6.07) is 0. The predicted octanol–water partition coefficient (Wildman–Crippen LogP) is 0.534. The van der Waals surface area contributed by atoms with E-state index in [1.807, 2.05) is 0 Å². The first-order chi connectivity index (χ1) is 9.15. The number of carboxylic acid groups (broad SMARTS) is 1. The van der Waals surface area contributed by atoms with Gasteiger partial charge in [-0.05, 0) is 57.2 Å². The minimum Gasteiger partial charge on any atom is -0.481 e. The van der Waals surface area contributed by atoms with Gasteiger partial charge in [0.15, 0.2) is 0 Å². The molecule has 0 aromatic heterocycles. The van der Waals surface area contributed by atoms with Crippen LogP contribution in [0.15, 0.2) is 0 Å². The van der Waals surface area contributed by atoms with E-state index < -0.39 is 5.97 Å². The molecule has 0 spiro atoms. The summed E-state index contributed by atoms with van der Waals surface area (Å²) in [6.45, 7) is 4.89. The SMILES string of the molecule is O=C(O)C[C@H]1CCNC[C@H]1CCN1CCC(O)CC1. The van der Waals surface area contributed by atoms with Gasteiger partial charge in [-0.3, -0.25) is 4.79 Å². The zero-order valence-electron chi connectivity index (χ0n) is 11.6. The number of hydrogen-bond donors (Lipinski definition) is 3. The molecule has 0 aliphatic carbocycles. The van der Waals surface area contributed by atoms with Gasteiger partial charge in [0.05, 0.1) is 6.10 Å². The summed E-state index contributed by atoms with van der Waals surface area (Å²) in [7, 11) is 0. The number of aliphatic carboxylic acids is 1. The van der Waals surface area contributed by atoms with Gasteiger partial charge in [0, 0.05) is 19.5 Å².